The van der Waals surface area contributed by atoms with Crippen molar-refractivity contribution in [1.82, 2.24) is 9.78 Å². The standard InChI is InChI=1S/C19H19ClN2O2/c1-3-17-19(20)18(22(2)21-17)13-23-14-9-11-16(12-10-14)24-15-7-5-4-6-8-15/h4-12H,3,13H2,1-2H3. The average molecular weight is 343 g/mol. The Labute approximate surface area is 146 Å². The summed E-state index contributed by atoms with van der Waals surface area (Å²) in [6, 6.07) is 17.2. The third kappa shape index (κ3) is 3.71. The molecule has 0 N–H and O–H groups in total. The predicted molar refractivity (Wildman–Crippen MR) is 94.9 cm³/mol. The summed E-state index contributed by atoms with van der Waals surface area (Å²) in [5.41, 5.74) is 1.77. The Morgan fingerprint density at radius 2 is 1.58 bits per heavy atom. The Kier molecular flexibility index (Phi) is 5.06. The Bertz CT molecular complexity index is 798. The SMILES string of the molecule is CCc1nn(C)c(COc2ccc(Oc3ccccc3)cc2)c1Cl. The number of hydrogen-bond donors (Lipinski definition) is 0. The predicted octanol–water partition coefficient (Wildman–Crippen LogP) is 5.01. The van der Waals surface area contributed by atoms with Gasteiger partial charge in [-0.15, -0.1) is 0 Å². The number of rotatable bonds is 6. The van der Waals surface area contributed by atoms with E-state index in [-0.39, 0.29) is 0 Å². The van der Waals surface area contributed by atoms with Crippen LogP contribution in [0.4, 0.5) is 0 Å². The summed E-state index contributed by atoms with van der Waals surface area (Å²) in [6.07, 6.45) is 0.804. The van der Waals surface area contributed by atoms with E-state index in [0.717, 1.165) is 35.1 Å². The van der Waals surface area contributed by atoms with Crippen molar-refractivity contribution in [3.05, 3.63) is 71.0 Å². The second-order valence-corrected chi connectivity index (χ2v) is 5.74. The molecule has 0 aliphatic rings. The van der Waals surface area contributed by atoms with Gasteiger partial charge in [0.05, 0.1) is 16.4 Å². The summed E-state index contributed by atoms with van der Waals surface area (Å²) in [4.78, 5) is 0. The first-order valence-electron chi connectivity index (χ1n) is 7.83. The molecule has 0 amide bonds. The molecule has 5 heteroatoms. The van der Waals surface area contributed by atoms with Crippen molar-refractivity contribution in [3.8, 4) is 17.2 Å². The number of ether oxygens (including phenoxy) is 2. The van der Waals surface area contributed by atoms with Crippen LogP contribution >= 0.6 is 11.6 Å². The first-order valence-corrected chi connectivity index (χ1v) is 8.21. The lowest BCUT2D eigenvalue weighted by Gasteiger charge is -2.09. The molecule has 3 aromatic rings. The Morgan fingerprint density at radius 1 is 0.958 bits per heavy atom. The monoisotopic (exact) mass is 342 g/mol. The Balaban J connectivity index is 1.63. The summed E-state index contributed by atoms with van der Waals surface area (Å²) in [6.45, 7) is 2.41. The number of halogens is 1. The minimum absolute atomic E-state index is 0.376. The quantitative estimate of drug-likeness (QED) is 0.632. The van der Waals surface area contributed by atoms with Gasteiger partial charge in [-0.3, -0.25) is 4.68 Å². The largest absolute Gasteiger partial charge is 0.487 e. The van der Waals surface area contributed by atoms with Crippen LogP contribution in [0.2, 0.25) is 5.02 Å². The number of aromatic nitrogens is 2. The first kappa shape index (κ1) is 16.4. The van der Waals surface area contributed by atoms with Crippen molar-refractivity contribution >= 4 is 11.6 Å². The van der Waals surface area contributed by atoms with E-state index < -0.39 is 0 Å². The minimum atomic E-state index is 0.376. The van der Waals surface area contributed by atoms with Crippen molar-refractivity contribution < 1.29 is 9.47 Å². The van der Waals surface area contributed by atoms with Gasteiger partial charge in [0, 0.05) is 7.05 Å². The molecule has 3 rings (SSSR count). The zero-order valence-electron chi connectivity index (χ0n) is 13.7. The molecule has 0 saturated carbocycles. The molecule has 0 unspecified atom stereocenters. The maximum atomic E-state index is 6.33. The van der Waals surface area contributed by atoms with Gasteiger partial charge in [-0.05, 0) is 42.8 Å². The number of para-hydroxylation sites is 1. The van der Waals surface area contributed by atoms with E-state index in [1.165, 1.54) is 0 Å². The number of nitrogens with zero attached hydrogens (tertiary/aromatic N) is 2. The second kappa shape index (κ2) is 7.41. The van der Waals surface area contributed by atoms with Crippen molar-refractivity contribution in [2.75, 3.05) is 0 Å². The second-order valence-electron chi connectivity index (χ2n) is 5.36. The van der Waals surface area contributed by atoms with Crippen LogP contribution in [0.25, 0.3) is 0 Å². The lowest BCUT2D eigenvalue weighted by atomic mass is 10.3. The van der Waals surface area contributed by atoms with E-state index in [1.807, 2.05) is 68.6 Å². The van der Waals surface area contributed by atoms with Crippen LogP contribution in [-0.2, 0) is 20.1 Å². The zero-order chi connectivity index (χ0) is 16.9. The summed E-state index contributed by atoms with van der Waals surface area (Å²) in [5, 5.41) is 5.07. The third-order valence-electron chi connectivity index (χ3n) is 3.68. The lowest BCUT2D eigenvalue weighted by molar-refractivity contribution is 0.294. The van der Waals surface area contributed by atoms with E-state index in [2.05, 4.69) is 5.10 Å². The van der Waals surface area contributed by atoms with Crippen LogP contribution in [0.1, 0.15) is 18.3 Å². The smallest absolute Gasteiger partial charge is 0.131 e. The number of aryl methyl sites for hydroxylation is 2. The van der Waals surface area contributed by atoms with E-state index in [4.69, 9.17) is 21.1 Å². The van der Waals surface area contributed by atoms with Gasteiger partial charge in [0.25, 0.3) is 0 Å². The molecular formula is C19H19ClN2O2. The lowest BCUT2D eigenvalue weighted by Crippen LogP contribution is -2.03. The first-order chi connectivity index (χ1) is 11.7. The van der Waals surface area contributed by atoms with Gasteiger partial charge in [0.1, 0.15) is 23.9 Å². The molecule has 0 saturated heterocycles. The molecule has 1 heterocycles. The van der Waals surface area contributed by atoms with Crippen LogP contribution in [-0.4, -0.2) is 9.78 Å². The Morgan fingerprint density at radius 3 is 2.21 bits per heavy atom. The fraction of sp³-hybridized carbons (Fsp3) is 0.211. The fourth-order valence-corrected chi connectivity index (χ4v) is 2.71. The normalized spacial score (nSPS) is 10.6. The van der Waals surface area contributed by atoms with Gasteiger partial charge in [-0.2, -0.15) is 5.10 Å². The summed E-state index contributed by atoms with van der Waals surface area (Å²) in [7, 11) is 1.88. The molecule has 2 aromatic carbocycles. The molecule has 0 radical (unpaired) electrons. The molecule has 0 atom stereocenters. The molecule has 1 aromatic heterocycles. The average Bonchev–Trinajstić information content (AvgIpc) is 2.89. The van der Waals surface area contributed by atoms with Gasteiger partial charge in [0.2, 0.25) is 0 Å². The van der Waals surface area contributed by atoms with Crippen LogP contribution < -0.4 is 9.47 Å². The van der Waals surface area contributed by atoms with E-state index in [0.29, 0.717) is 11.6 Å². The highest BCUT2D eigenvalue weighted by Crippen LogP contribution is 2.25. The van der Waals surface area contributed by atoms with Crippen LogP contribution in [0.15, 0.2) is 54.6 Å². The molecule has 0 bridgehead atoms. The number of hydrogen-bond acceptors (Lipinski definition) is 3. The van der Waals surface area contributed by atoms with Crippen molar-refractivity contribution in [1.29, 1.82) is 0 Å². The van der Waals surface area contributed by atoms with Gasteiger partial charge < -0.3 is 9.47 Å². The maximum absolute atomic E-state index is 6.33. The van der Waals surface area contributed by atoms with Crippen LogP contribution in [0.3, 0.4) is 0 Å². The minimum Gasteiger partial charge on any atom is -0.487 e. The van der Waals surface area contributed by atoms with Gasteiger partial charge >= 0.3 is 0 Å². The van der Waals surface area contributed by atoms with Gasteiger partial charge in [-0.25, -0.2) is 0 Å². The van der Waals surface area contributed by atoms with Crippen molar-refractivity contribution in [2.24, 2.45) is 7.05 Å². The topological polar surface area (TPSA) is 36.3 Å². The van der Waals surface area contributed by atoms with Crippen molar-refractivity contribution in [2.45, 2.75) is 20.0 Å². The molecule has 124 valence electrons. The molecule has 0 aliphatic heterocycles. The van der Waals surface area contributed by atoms with Gasteiger partial charge in [-0.1, -0.05) is 36.7 Å². The summed E-state index contributed by atoms with van der Waals surface area (Å²) < 4.78 is 13.3. The van der Waals surface area contributed by atoms with Crippen LogP contribution in [0, 0.1) is 0 Å². The van der Waals surface area contributed by atoms with E-state index in [9.17, 15) is 0 Å². The highest BCUT2D eigenvalue weighted by atomic mass is 35.5. The summed E-state index contributed by atoms with van der Waals surface area (Å²) in [5.74, 6) is 2.33. The molecule has 0 spiro atoms. The number of benzene rings is 2. The highest BCUT2D eigenvalue weighted by Gasteiger charge is 2.13. The van der Waals surface area contributed by atoms with Crippen LogP contribution in [0.5, 0.6) is 17.2 Å². The Hall–Kier alpha value is -2.46. The fourth-order valence-electron chi connectivity index (χ4n) is 2.36. The van der Waals surface area contributed by atoms with Crippen molar-refractivity contribution in [3.63, 3.8) is 0 Å². The van der Waals surface area contributed by atoms with E-state index >= 15 is 0 Å². The molecule has 0 fully saturated rings. The maximum Gasteiger partial charge on any atom is 0.131 e. The molecule has 0 aliphatic carbocycles. The third-order valence-corrected chi connectivity index (χ3v) is 4.12. The summed E-state index contributed by atoms with van der Waals surface area (Å²) >= 11 is 6.33. The highest BCUT2D eigenvalue weighted by molar-refractivity contribution is 6.31. The zero-order valence-corrected chi connectivity index (χ0v) is 14.5. The molecule has 24 heavy (non-hydrogen) atoms. The molecular weight excluding hydrogens is 324 g/mol. The van der Waals surface area contributed by atoms with Gasteiger partial charge in [0.15, 0.2) is 0 Å². The molecule has 4 nitrogen and oxygen atoms in total. The van der Waals surface area contributed by atoms with E-state index in [1.54, 1.807) is 4.68 Å².